The second kappa shape index (κ2) is 8.37. The normalized spacial score (nSPS) is 18.6. The van der Waals surface area contributed by atoms with E-state index in [-0.39, 0.29) is 24.7 Å². The van der Waals surface area contributed by atoms with Crippen molar-refractivity contribution in [3.8, 4) is 22.6 Å². The third-order valence-electron chi connectivity index (χ3n) is 7.39. The molecule has 1 unspecified atom stereocenters. The Bertz CT molecular complexity index is 1630. The number of aromatic nitrogens is 2. The minimum Gasteiger partial charge on any atom is -0.493 e. The molecule has 38 heavy (non-hydrogen) atoms. The standard InChI is InChI=1S/C29H21FN4O4/c30-21-5-1-2-6-22(21)33-26(35)14-34-23-7-3-4-19(18-12-31-16-32-13-18)27(23)29(28(34)36)15-38-25-11-24-17(8-9-37-24)10-20(25)29/h1-7,10-13,16H,8-9,14-15H2,(H,33,35). The van der Waals surface area contributed by atoms with Crippen LogP contribution in [0.2, 0.25) is 0 Å². The van der Waals surface area contributed by atoms with E-state index >= 15 is 0 Å². The van der Waals surface area contributed by atoms with Crippen molar-refractivity contribution in [1.82, 2.24) is 9.97 Å². The molecule has 4 aromatic rings. The van der Waals surface area contributed by atoms with Crippen LogP contribution in [0, 0.1) is 5.82 Å². The number of benzene rings is 3. The third kappa shape index (κ3) is 3.21. The number of carbonyl (C=O) groups is 2. The lowest BCUT2D eigenvalue weighted by Gasteiger charge is -2.24. The molecule has 3 aliphatic heterocycles. The average molecular weight is 509 g/mol. The van der Waals surface area contributed by atoms with Gasteiger partial charge in [-0.05, 0) is 35.4 Å². The first kappa shape index (κ1) is 22.4. The van der Waals surface area contributed by atoms with Crippen LogP contribution in [0.4, 0.5) is 15.8 Å². The smallest absolute Gasteiger partial charge is 0.246 e. The van der Waals surface area contributed by atoms with Crippen LogP contribution in [-0.4, -0.2) is 41.5 Å². The van der Waals surface area contributed by atoms with Crippen molar-refractivity contribution in [3.05, 3.63) is 95.8 Å². The Morgan fingerprint density at radius 2 is 1.89 bits per heavy atom. The first-order valence-electron chi connectivity index (χ1n) is 12.2. The van der Waals surface area contributed by atoms with Crippen LogP contribution in [0.15, 0.2) is 73.3 Å². The number of rotatable bonds is 4. The van der Waals surface area contributed by atoms with Gasteiger partial charge in [-0.3, -0.25) is 9.59 Å². The van der Waals surface area contributed by atoms with E-state index in [0.29, 0.717) is 18.0 Å². The predicted molar refractivity (Wildman–Crippen MR) is 137 cm³/mol. The van der Waals surface area contributed by atoms with Crippen molar-refractivity contribution in [2.45, 2.75) is 11.8 Å². The van der Waals surface area contributed by atoms with Crippen molar-refractivity contribution in [2.24, 2.45) is 0 Å². The van der Waals surface area contributed by atoms with E-state index in [0.717, 1.165) is 40.0 Å². The summed E-state index contributed by atoms with van der Waals surface area (Å²) < 4.78 is 26.1. The van der Waals surface area contributed by atoms with Gasteiger partial charge in [0, 0.05) is 47.3 Å². The summed E-state index contributed by atoms with van der Waals surface area (Å²) in [6, 6.07) is 15.3. The molecule has 7 rings (SSSR count). The fraction of sp³-hybridized carbons (Fsp3) is 0.172. The Hall–Kier alpha value is -4.79. The number of halogens is 1. The first-order valence-corrected chi connectivity index (χ1v) is 12.2. The summed E-state index contributed by atoms with van der Waals surface area (Å²) in [6.07, 6.45) is 5.58. The number of nitrogens with zero attached hydrogens (tertiary/aromatic N) is 3. The van der Waals surface area contributed by atoms with Crippen LogP contribution in [0.1, 0.15) is 16.7 Å². The predicted octanol–water partition coefficient (Wildman–Crippen LogP) is 3.88. The molecule has 0 saturated carbocycles. The Morgan fingerprint density at radius 1 is 1.05 bits per heavy atom. The highest BCUT2D eigenvalue weighted by molar-refractivity contribution is 6.16. The molecule has 0 bridgehead atoms. The van der Waals surface area contributed by atoms with E-state index in [1.165, 1.54) is 23.4 Å². The zero-order chi connectivity index (χ0) is 25.9. The minimum absolute atomic E-state index is 0.0550. The monoisotopic (exact) mass is 508 g/mol. The molecule has 1 spiro atoms. The van der Waals surface area contributed by atoms with E-state index in [9.17, 15) is 14.0 Å². The fourth-order valence-electron chi connectivity index (χ4n) is 5.70. The summed E-state index contributed by atoms with van der Waals surface area (Å²) in [5, 5.41) is 2.59. The Balaban J connectivity index is 1.37. The van der Waals surface area contributed by atoms with Gasteiger partial charge in [-0.2, -0.15) is 0 Å². The summed E-state index contributed by atoms with van der Waals surface area (Å²) in [5.41, 5.74) is 3.48. The molecule has 0 radical (unpaired) electrons. The number of hydrogen-bond donors (Lipinski definition) is 1. The molecule has 4 heterocycles. The molecular weight excluding hydrogens is 487 g/mol. The Labute approximate surface area is 217 Å². The van der Waals surface area contributed by atoms with Gasteiger partial charge in [0.05, 0.1) is 12.3 Å². The van der Waals surface area contributed by atoms with Gasteiger partial charge in [0.15, 0.2) is 0 Å². The highest BCUT2D eigenvalue weighted by Gasteiger charge is 2.58. The number of nitrogens with one attached hydrogen (secondary N) is 1. The maximum atomic E-state index is 14.4. The molecule has 0 fully saturated rings. The lowest BCUT2D eigenvalue weighted by atomic mass is 9.74. The molecule has 3 aliphatic rings. The molecular formula is C29H21FN4O4. The van der Waals surface area contributed by atoms with Crippen LogP contribution in [0.5, 0.6) is 11.5 Å². The summed E-state index contributed by atoms with van der Waals surface area (Å²) in [5.74, 6) is 0.00424. The second-order valence-electron chi connectivity index (χ2n) is 9.49. The molecule has 3 aromatic carbocycles. The van der Waals surface area contributed by atoms with E-state index in [1.807, 2.05) is 30.3 Å². The summed E-state index contributed by atoms with van der Waals surface area (Å²) in [4.78, 5) is 37.3. The van der Waals surface area contributed by atoms with E-state index in [4.69, 9.17) is 9.47 Å². The number of carbonyl (C=O) groups excluding carboxylic acids is 2. The minimum atomic E-state index is -1.17. The lowest BCUT2D eigenvalue weighted by molar-refractivity contribution is -0.124. The van der Waals surface area contributed by atoms with Crippen molar-refractivity contribution < 1.29 is 23.5 Å². The third-order valence-corrected chi connectivity index (χ3v) is 7.39. The Kier molecular flexibility index (Phi) is 4.94. The molecule has 1 N–H and O–H groups in total. The van der Waals surface area contributed by atoms with Crippen LogP contribution in [0.25, 0.3) is 11.1 Å². The van der Waals surface area contributed by atoms with Crippen molar-refractivity contribution >= 4 is 23.2 Å². The van der Waals surface area contributed by atoms with Crippen molar-refractivity contribution in [3.63, 3.8) is 0 Å². The van der Waals surface area contributed by atoms with Gasteiger partial charge >= 0.3 is 0 Å². The topological polar surface area (TPSA) is 93.7 Å². The quantitative estimate of drug-likeness (QED) is 0.450. The van der Waals surface area contributed by atoms with Crippen LogP contribution < -0.4 is 19.7 Å². The molecule has 1 aromatic heterocycles. The molecule has 9 heteroatoms. The molecule has 2 amide bonds. The van der Waals surface area contributed by atoms with Crippen molar-refractivity contribution in [1.29, 1.82) is 0 Å². The molecule has 1 atom stereocenters. The van der Waals surface area contributed by atoms with E-state index < -0.39 is 17.1 Å². The largest absolute Gasteiger partial charge is 0.493 e. The van der Waals surface area contributed by atoms with Gasteiger partial charge in [-0.15, -0.1) is 0 Å². The van der Waals surface area contributed by atoms with Gasteiger partial charge in [0.25, 0.3) is 0 Å². The van der Waals surface area contributed by atoms with Gasteiger partial charge in [-0.25, -0.2) is 14.4 Å². The zero-order valence-electron chi connectivity index (χ0n) is 20.1. The van der Waals surface area contributed by atoms with Gasteiger partial charge in [-0.1, -0.05) is 24.3 Å². The van der Waals surface area contributed by atoms with E-state index in [2.05, 4.69) is 15.3 Å². The highest BCUT2D eigenvalue weighted by atomic mass is 19.1. The number of para-hydroxylation sites is 1. The van der Waals surface area contributed by atoms with Crippen molar-refractivity contribution in [2.75, 3.05) is 30.0 Å². The number of amides is 2. The van der Waals surface area contributed by atoms with Crippen LogP contribution in [-0.2, 0) is 21.4 Å². The van der Waals surface area contributed by atoms with Gasteiger partial charge in [0.2, 0.25) is 11.8 Å². The second-order valence-corrected chi connectivity index (χ2v) is 9.49. The highest BCUT2D eigenvalue weighted by Crippen LogP contribution is 2.56. The molecule has 0 aliphatic carbocycles. The fourth-order valence-corrected chi connectivity index (χ4v) is 5.70. The number of fused-ring (bicyclic) bond motifs is 5. The SMILES string of the molecule is O=C(CN1C(=O)C2(COc3cc4c(cc32)CCO4)c2c(-c3cncnc3)cccc21)Nc1ccccc1F. The van der Waals surface area contributed by atoms with Gasteiger partial charge < -0.3 is 19.7 Å². The van der Waals surface area contributed by atoms with Crippen LogP contribution >= 0.6 is 0 Å². The summed E-state index contributed by atoms with van der Waals surface area (Å²) >= 11 is 0. The summed E-state index contributed by atoms with van der Waals surface area (Å²) in [7, 11) is 0. The number of ether oxygens (including phenoxy) is 2. The maximum Gasteiger partial charge on any atom is 0.246 e. The van der Waals surface area contributed by atoms with E-state index in [1.54, 1.807) is 24.5 Å². The number of hydrogen-bond acceptors (Lipinski definition) is 6. The maximum absolute atomic E-state index is 14.4. The van der Waals surface area contributed by atoms with Gasteiger partial charge in [0.1, 0.15) is 42.2 Å². The molecule has 188 valence electrons. The number of anilines is 2. The molecule has 8 nitrogen and oxygen atoms in total. The average Bonchev–Trinajstić information content (AvgIpc) is 3.61. The Morgan fingerprint density at radius 3 is 2.74 bits per heavy atom. The lowest BCUT2D eigenvalue weighted by Crippen LogP contribution is -2.45. The van der Waals surface area contributed by atoms with Crippen LogP contribution in [0.3, 0.4) is 0 Å². The zero-order valence-corrected chi connectivity index (χ0v) is 20.1. The molecule has 0 saturated heterocycles. The summed E-state index contributed by atoms with van der Waals surface area (Å²) in [6.45, 7) is 0.359. The first-order chi connectivity index (χ1) is 18.6.